The van der Waals surface area contributed by atoms with Crippen LogP contribution in [-0.4, -0.2) is 27.1 Å². The van der Waals surface area contributed by atoms with Crippen molar-refractivity contribution >= 4 is 32.3 Å². The average Bonchev–Trinajstić information content (AvgIpc) is 3.09. The Bertz CT molecular complexity index is 1050. The van der Waals surface area contributed by atoms with E-state index in [0.717, 1.165) is 46.4 Å². The molecule has 3 aromatic rings. The fourth-order valence-corrected chi connectivity index (χ4v) is 5.82. The number of fused-ring (bicyclic) bond motifs is 1. The maximum atomic E-state index is 12.6. The van der Waals surface area contributed by atoms with Gasteiger partial charge in [0.15, 0.2) is 0 Å². The number of aryl methyl sites for hydroxylation is 1. The molecular weight excluding hydrogens is 368 g/mol. The number of methoxy groups -OCH3 is 1. The van der Waals surface area contributed by atoms with E-state index in [-0.39, 0.29) is 5.41 Å². The van der Waals surface area contributed by atoms with Crippen LogP contribution in [0.3, 0.4) is 0 Å². The van der Waals surface area contributed by atoms with E-state index >= 15 is 0 Å². The van der Waals surface area contributed by atoms with E-state index in [0.29, 0.717) is 10.8 Å². The molecule has 1 aromatic carbocycles. The molecule has 0 aliphatic heterocycles. The Morgan fingerprint density at radius 3 is 2.73 bits per heavy atom. The summed E-state index contributed by atoms with van der Waals surface area (Å²) in [5, 5.41) is 1.10. The number of hydrogen-bond acceptors (Lipinski definition) is 4. The molecule has 1 saturated carbocycles. The van der Waals surface area contributed by atoms with Gasteiger partial charge in [-0.3, -0.25) is 0 Å². The minimum absolute atomic E-state index is 0.136. The highest BCUT2D eigenvalue weighted by atomic mass is 32.2. The molecule has 1 aliphatic rings. The zero-order chi connectivity index (χ0) is 18.4. The number of hydrogen-bond donors (Lipinski definition) is 2. The summed E-state index contributed by atoms with van der Waals surface area (Å²) in [6, 6.07) is 9.52. The summed E-state index contributed by atoms with van der Waals surface area (Å²) >= 11 is 1.34. The number of ether oxygens (including phenoxy) is 1. The van der Waals surface area contributed by atoms with Crippen LogP contribution in [0, 0.1) is 0 Å². The minimum atomic E-state index is -3.47. The maximum absolute atomic E-state index is 12.6. The summed E-state index contributed by atoms with van der Waals surface area (Å²) in [7, 11) is -1.81. The van der Waals surface area contributed by atoms with Crippen molar-refractivity contribution in [2.45, 2.75) is 35.8 Å². The first-order chi connectivity index (χ1) is 12.5. The van der Waals surface area contributed by atoms with Crippen molar-refractivity contribution in [2.75, 3.05) is 13.7 Å². The van der Waals surface area contributed by atoms with Gasteiger partial charge in [0.05, 0.1) is 7.11 Å². The standard InChI is InChI=1S/C19H22N2O3S2/c1-3-14-5-7-18(25-14)26(22,23)21-12-19(8-9-19)16-11-20-17-6-4-13(24-2)10-15(16)17/h4-7,10-11,20-21H,3,8-9,12H2,1-2H3. The van der Waals surface area contributed by atoms with Crippen molar-refractivity contribution in [1.82, 2.24) is 9.71 Å². The van der Waals surface area contributed by atoms with Crippen LogP contribution in [0.25, 0.3) is 10.9 Å². The van der Waals surface area contributed by atoms with E-state index in [1.807, 2.05) is 37.4 Å². The zero-order valence-corrected chi connectivity index (χ0v) is 16.5. The second-order valence-corrected chi connectivity index (χ2v) is 9.96. The smallest absolute Gasteiger partial charge is 0.250 e. The molecule has 4 rings (SSSR count). The normalized spacial score (nSPS) is 16.1. The molecule has 1 fully saturated rings. The van der Waals surface area contributed by atoms with Gasteiger partial charge in [-0.25, -0.2) is 13.1 Å². The molecule has 2 aromatic heterocycles. The number of aromatic amines is 1. The van der Waals surface area contributed by atoms with E-state index in [4.69, 9.17) is 4.74 Å². The highest BCUT2D eigenvalue weighted by Gasteiger charge is 2.46. The fraction of sp³-hybridized carbons (Fsp3) is 0.368. The Morgan fingerprint density at radius 2 is 2.08 bits per heavy atom. The Balaban J connectivity index is 1.58. The summed E-state index contributed by atoms with van der Waals surface area (Å²) in [6.45, 7) is 2.44. The molecule has 5 nitrogen and oxygen atoms in total. The highest BCUT2D eigenvalue weighted by Crippen LogP contribution is 2.50. The summed E-state index contributed by atoms with van der Waals surface area (Å²) < 4.78 is 33.9. The number of sulfonamides is 1. The van der Waals surface area contributed by atoms with Gasteiger partial charge in [-0.05, 0) is 55.2 Å². The van der Waals surface area contributed by atoms with Crippen molar-refractivity contribution in [3.05, 3.63) is 47.0 Å². The van der Waals surface area contributed by atoms with Crippen LogP contribution < -0.4 is 9.46 Å². The molecule has 2 N–H and O–H groups in total. The van der Waals surface area contributed by atoms with Crippen LogP contribution >= 0.6 is 11.3 Å². The lowest BCUT2D eigenvalue weighted by molar-refractivity contribution is 0.415. The van der Waals surface area contributed by atoms with Gasteiger partial charge in [-0.1, -0.05) is 6.92 Å². The molecular formula is C19H22N2O3S2. The van der Waals surface area contributed by atoms with Crippen molar-refractivity contribution in [2.24, 2.45) is 0 Å². The number of thiophene rings is 1. The highest BCUT2D eigenvalue weighted by molar-refractivity contribution is 7.91. The lowest BCUT2D eigenvalue weighted by Crippen LogP contribution is -2.31. The second-order valence-electron chi connectivity index (χ2n) is 6.79. The number of benzene rings is 1. The lowest BCUT2D eigenvalue weighted by atomic mass is 9.95. The van der Waals surface area contributed by atoms with Gasteiger partial charge in [0, 0.05) is 33.9 Å². The molecule has 2 heterocycles. The van der Waals surface area contributed by atoms with Crippen LogP contribution in [0.15, 0.2) is 40.7 Å². The largest absolute Gasteiger partial charge is 0.497 e. The SMILES string of the molecule is CCc1ccc(S(=O)(=O)NCC2(c3c[nH]c4ccc(OC)cc34)CC2)s1. The average molecular weight is 391 g/mol. The summed E-state index contributed by atoms with van der Waals surface area (Å²) in [5.74, 6) is 0.806. The summed E-state index contributed by atoms with van der Waals surface area (Å²) in [5.41, 5.74) is 2.07. The van der Waals surface area contributed by atoms with E-state index in [2.05, 4.69) is 9.71 Å². The molecule has 26 heavy (non-hydrogen) atoms. The van der Waals surface area contributed by atoms with Crippen LogP contribution in [0.1, 0.15) is 30.2 Å². The predicted octanol–water partition coefficient (Wildman–Crippen LogP) is 3.81. The zero-order valence-electron chi connectivity index (χ0n) is 14.8. The quantitative estimate of drug-likeness (QED) is 0.644. The molecule has 0 atom stereocenters. The van der Waals surface area contributed by atoms with Gasteiger partial charge in [-0.2, -0.15) is 0 Å². The first-order valence-electron chi connectivity index (χ1n) is 8.71. The lowest BCUT2D eigenvalue weighted by Gasteiger charge is -2.15. The third-order valence-electron chi connectivity index (χ3n) is 5.16. The minimum Gasteiger partial charge on any atom is -0.497 e. The third kappa shape index (κ3) is 3.04. The molecule has 138 valence electrons. The van der Waals surface area contributed by atoms with Crippen LogP contribution in [0.4, 0.5) is 0 Å². The molecule has 0 saturated heterocycles. The predicted molar refractivity (Wildman–Crippen MR) is 105 cm³/mol. The van der Waals surface area contributed by atoms with Crippen molar-refractivity contribution in [3.8, 4) is 5.75 Å². The molecule has 0 radical (unpaired) electrons. The number of H-pyrrole nitrogens is 1. The van der Waals surface area contributed by atoms with Gasteiger partial charge in [0.1, 0.15) is 9.96 Å². The van der Waals surface area contributed by atoms with Crippen LogP contribution in [0.2, 0.25) is 0 Å². The van der Waals surface area contributed by atoms with E-state index in [1.54, 1.807) is 13.2 Å². The Morgan fingerprint density at radius 1 is 1.27 bits per heavy atom. The first-order valence-corrected chi connectivity index (χ1v) is 11.0. The molecule has 1 aliphatic carbocycles. The van der Waals surface area contributed by atoms with Gasteiger partial charge in [-0.15, -0.1) is 11.3 Å². The first kappa shape index (κ1) is 17.6. The third-order valence-corrected chi connectivity index (χ3v) is 8.29. The summed E-state index contributed by atoms with van der Waals surface area (Å²) in [4.78, 5) is 4.37. The maximum Gasteiger partial charge on any atom is 0.250 e. The fourth-order valence-electron chi connectivity index (χ4n) is 3.35. The summed E-state index contributed by atoms with van der Waals surface area (Å²) in [6.07, 6.45) is 4.81. The van der Waals surface area contributed by atoms with Gasteiger partial charge in [0.25, 0.3) is 0 Å². The number of aromatic nitrogens is 1. The molecule has 0 spiro atoms. The molecule has 0 bridgehead atoms. The van der Waals surface area contributed by atoms with Crippen LogP contribution in [-0.2, 0) is 21.9 Å². The Kier molecular flexibility index (Phi) is 4.33. The number of rotatable bonds is 7. The van der Waals surface area contributed by atoms with E-state index in [1.165, 1.54) is 11.3 Å². The van der Waals surface area contributed by atoms with Crippen molar-refractivity contribution in [1.29, 1.82) is 0 Å². The van der Waals surface area contributed by atoms with Crippen molar-refractivity contribution < 1.29 is 13.2 Å². The Labute approximate surface area is 157 Å². The van der Waals surface area contributed by atoms with Crippen LogP contribution in [0.5, 0.6) is 5.75 Å². The van der Waals surface area contributed by atoms with Crippen molar-refractivity contribution in [3.63, 3.8) is 0 Å². The number of nitrogens with one attached hydrogen (secondary N) is 2. The van der Waals surface area contributed by atoms with E-state index in [9.17, 15) is 8.42 Å². The topological polar surface area (TPSA) is 71.2 Å². The van der Waals surface area contributed by atoms with Gasteiger partial charge < -0.3 is 9.72 Å². The van der Waals surface area contributed by atoms with Gasteiger partial charge in [0.2, 0.25) is 10.0 Å². The molecule has 7 heteroatoms. The Hall–Kier alpha value is -1.83. The second kappa shape index (κ2) is 6.40. The monoisotopic (exact) mass is 390 g/mol. The van der Waals surface area contributed by atoms with E-state index < -0.39 is 10.0 Å². The van der Waals surface area contributed by atoms with Gasteiger partial charge >= 0.3 is 0 Å². The molecule has 0 unspecified atom stereocenters. The molecule has 0 amide bonds.